The van der Waals surface area contributed by atoms with Crippen LogP contribution in [0.4, 0.5) is 0 Å². The number of methoxy groups -OCH3 is 1. The normalized spacial score (nSPS) is 11.2. The molecule has 0 saturated carbocycles. The molecule has 0 atom stereocenters. The predicted molar refractivity (Wildman–Crippen MR) is 104 cm³/mol. The highest BCUT2D eigenvalue weighted by Gasteiger charge is 2.18. The van der Waals surface area contributed by atoms with Gasteiger partial charge >= 0.3 is 0 Å². The van der Waals surface area contributed by atoms with Gasteiger partial charge in [-0.1, -0.05) is 28.9 Å². The minimum atomic E-state index is -3.61. The fourth-order valence-corrected chi connectivity index (χ4v) is 3.98. The monoisotopic (exact) mass is 440 g/mol. The fourth-order valence-electron chi connectivity index (χ4n) is 2.49. The molecule has 0 radical (unpaired) electrons. The molecule has 0 unspecified atom stereocenters. The summed E-state index contributed by atoms with van der Waals surface area (Å²) in [6, 6.07) is 11.6. The Bertz CT molecular complexity index is 900. The Balaban J connectivity index is 2.25. The molecular formula is C18H21BrN2O4S. The van der Waals surface area contributed by atoms with Gasteiger partial charge in [0.15, 0.2) is 0 Å². The highest BCUT2D eigenvalue weighted by molar-refractivity contribution is 9.10. The second kappa shape index (κ2) is 8.66. The molecule has 6 nitrogen and oxygen atoms in total. The quantitative estimate of drug-likeness (QED) is 0.717. The van der Waals surface area contributed by atoms with Gasteiger partial charge in [-0.05, 0) is 36.4 Å². The molecule has 2 aromatic rings. The first-order valence-electron chi connectivity index (χ1n) is 7.96. The highest BCUT2D eigenvalue weighted by Crippen LogP contribution is 2.24. The van der Waals surface area contributed by atoms with E-state index in [0.717, 1.165) is 10.0 Å². The summed E-state index contributed by atoms with van der Waals surface area (Å²) in [5, 5.41) is 0. The lowest BCUT2D eigenvalue weighted by atomic mass is 10.1. The maximum absolute atomic E-state index is 12.7. The number of ether oxygens (including phenoxy) is 1. The largest absolute Gasteiger partial charge is 0.496 e. The number of hydrogen-bond donors (Lipinski definition) is 1. The van der Waals surface area contributed by atoms with Gasteiger partial charge in [0, 0.05) is 35.7 Å². The number of amides is 1. The molecule has 1 N–H and O–H groups in total. The standard InChI is InChI=1S/C18H21BrN2O4S/c1-4-20-26(23,24)16-7-5-6-13(11-16)18(22)21(2)12-14-10-15(19)8-9-17(14)25-3/h5-11,20H,4,12H2,1-3H3. The van der Waals surface area contributed by atoms with E-state index in [1.807, 2.05) is 18.2 Å². The minimum Gasteiger partial charge on any atom is -0.496 e. The highest BCUT2D eigenvalue weighted by atomic mass is 79.9. The molecule has 0 bridgehead atoms. The molecule has 2 rings (SSSR count). The van der Waals surface area contributed by atoms with E-state index in [9.17, 15) is 13.2 Å². The average molecular weight is 441 g/mol. The third kappa shape index (κ3) is 4.84. The number of carbonyl (C=O) groups excluding carboxylic acids is 1. The van der Waals surface area contributed by atoms with Crippen LogP contribution in [0.5, 0.6) is 5.75 Å². The molecule has 0 aromatic heterocycles. The van der Waals surface area contributed by atoms with Crippen LogP contribution in [0.25, 0.3) is 0 Å². The Morgan fingerprint density at radius 1 is 1.23 bits per heavy atom. The number of hydrogen-bond acceptors (Lipinski definition) is 4. The van der Waals surface area contributed by atoms with Crippen molar-refractivity contribution in [3.63, 3.8) is 0 Å². The lowest BCUT2D eigenvalue weighted by Crippen LogP contribution is -2.27. The molecule has 0 aliphatic rings. The third-order valence-corrected chi connectivity index (χ3v) is 5.76. The Morgan fingerprint density at radius 2 is 1.96 bits per heavy atom. The molecule has 26 heavy (non-hydrogen) atoms. The molecular weight excluding hydrogens is 420 g/mol. The summed E-state index contributed by atoms with van der Waals surface area (Å²) in [5.41, 5.74) is 1.15. The summed E-state index contributed by atoms with van der Waals surface area (Å²) in [6.07, 6.45) is 0. The average Bonchev–Trinajstić information content (AvgIpc) is 2.61. The van der Waals surface area contributed by atoms with Crippen LogP contribution in [-0.2, 0) is 16.6 Å². The summed E-state index contributed by atoms with van der Waals surface area (Å²) in [4.78, 5) is 14.3. The molecule has 0 fully saturated rings. The lowest BCUT2D eigenvalue weighted by Gasteiger charge is -2.19. The van der Waals surface area contributed by atoms with Crippen molar-refractivity contribution in [2.45, 2.75) is 18.4 Å². The van der Waals surface area contributed by atoms with Crippen molar-refractivity contribution >= 4 is 31.9 Å². The SMILES string of the molecule is CCNS(=O)(=O)c1cccc(C(=O)N(C)Cc2cc(Br)ccc2OC)c1. The summed E-state index contributed by atoms with van der Waals surface area (Å²) in [5.74, 6) is 0.400. The van der Waals surface area contributed by atoms with Gasteiger partial charge < -0.3 is 9.64 Å². The van der Waals surface area contributed by atoms with Gasteiger partial charge in [0.2, 0.25) is 10.0 Å². The molecule has 0 saturated heterocycles. The van der Waals surface area contributed by atoms with Gasteiger partial charge in [0.25, 0.3) is 5.91 Å². The first-order chi connectivity index (χ1) is 12.3. The molecule has 0 spiro atoms. The van der Waals surface area contributed by atoms with Crippen LogP contribution < -0.4 is 9.46 Å². The van der Waals surface area contributed by atoms with Crippen LogP contribution in [0.15, 0.2) is 51.8 Å². The maximum atomic E-state index is 12.7. The zero-order valence-electron chi connectivity index (χ0n) is 14.8. The van der Waals surface area contributed by atoms with Crippen molar-refractivity contribution in [1.29, 1.82) is 0 Å². The second-order valence-electron chi connectivity index (χ2n) is 5.65. The second-order valence-corrected chi connectivity index (χ2v) is 8.33. The van der Waals surface area contributed by atoms with Crippen molar-refractivity contribution in [3.8, 4) is 5.75 Å². The number of nitrogens with zero attached hydrogens (tertiary/aromatic N) is 1. The van der Waals surface area contributed by atoms with E-state index < -0.39 is 10.0 Å². The summed E-state index contributed by atoms with van der Waals surface area (Å²) in [7, 11) is -0.380. The van der Waals surface area contributed by atoms with Crippen LogP contribution in [0.3, 0.4) is 0 Å². The molecule has 0 aliphatic heterocycles. The van der Waals surface area contributed by atoms with Crippen LogP contribution in [0.1, 0.15) is 22.8 Å². The summed E-state index contributed by atoms with van der Waals surface area (Å²) in [6.45, 7) is 2.31. The van der Waals surface area contributed by atoms with Crippen molar-refractivity contribution in [1.82, 2.24) is 9.62 Å². The first-order valence-corrected chi connectivity index (χ1v) is 10.2. The molecule has 2 aromatic carbocycles. The Kier molecular flexibility index (Phi) is 6.80. The smallest absolute Gasteiger partial charge is 0.253 e. The topological polar surface area (TPSA) is 75.7 Å². The summed E-state index contributed by atoms with van der Waals surface area (Å²) >= 11 is 3.41. The minimum absolute atomic E-state index is 0.0682. The zero-order chi connectivity index (χ0) is 19.3. The van der Waals surface area contributed by atoms with Crippen molar-refractivity contribution < 1.29 is 17.9 Å². The van der Waals surface area contributed by atoms with E-state index in [1.165, 1.54) is 17.0 Å². The number of halogens is 1. The number of carbonyl (C=O) groups is 1. The zero-order valence-corrected chi connectivity index (χ0v) is 17.2. The molecule has 8 heteroatoms. The van der Waals surface area contributed by atoms with Gasteiger partial charge in [-0.2, -0.15) is 0 Å². The Hall–Kier alpha value is -1.90. The van der Waals surface area contributed by atoms with Crippen LogP contribution >= 0.6 is 15.9 Å². The predicted octanol–water partition coefficient (Wildman–Crippen LogP) is 3.03. The molecule has 140 valence electrons. The van der Waals surface area contributed by atoms with E-state index in [-0.39, 0.29) is 17.3 Å². The van der Waals surface area contributed by atoms with Crippen LogP contribution in [-0.4, -0.2) is 39.9 Å². The molecule has 1 amide bonds. The Morgan fingerprint density at radius 3 is 2.62 bits per heavy atom. The fraction of sp³-hybridized carbons (Fsp3) is 0.278. The van der Waals surface area contributed by atoms with E-state index >= 15 is 0 Å². The van der Waals surface area contributed by atoms with Gasteiger partial charge in [-0.3, -0.25) is 4.79 Å². The van der Waals surface area contributed by atoms with Crippen LogP contribution in [0, 0.1) is 0 Å². The number of sulfonamides is 1. The first kappa shape index (κ1) is 20.4. The Labute approximate surface area is 162 Å². The van der Waals surface area contributed by atoms with Crippen molar-refractivity contribution in [3.05, 3.63) is 58.1 Å². The van der Waals surface area contributed by atoms with Gasteiger partial charge in [0.05, 0.1) is 12.0 Å². The van der Waals surface area contributed by atoms with E-state index in [2.05, 4.69) is 20.7 Å². The maximum Gasteiger partial charge on any atom is 0.253 e. The number of rotatable bonds is 7. The lowest BCUT2D eigenvalue weighted by molar-refractivity contribution is 0.0784. The van der Waals surface area contributed by atoms with E-state index in [4.69, 9.17) is 4.74 Å². The summed E-state index contributed by atoms with van der Waals surface area (Å²) < 4.78 is 32.9. The van der Waals surface area contributed by atoms with Crippen molar-refractivity contribution in [2.24, 2.45) is 0 Å². The third-order valence-electron chi connectivity index (χ3n) is 3.72. The van der Waals surface area contributed by atoms with E-state index in [0.29, 0.717) is 17.9 Å². The van der Waals surface area contributed by atoms with E-state index in [1.54, 1.807) is 33.2 Å². The number of nitrogens with one attached hydrogen (secondary N) is 1. The van der Waals surface area contributed by atoms with Crippen molar-refractivity contribution in [2.75, 3.05) is 20.7 Å². The number of benzene rings is 2. The molecule has 0 heterocycles. The molecule has 0 aliphatic carbocycles. The van der Waals surface area contributed by atoms with Gasteiger partial charge in [-0.25, -0.2) is 13.1 Å². The van der Waals surface area contributed by atoms with Crippen LogP contribution in [0.2, 0.25) is 0 Å². The van der Waals surface area contributed by atoms with Gasteiger partial charge in [-0.15, -0.1) is 0 Å². The van der Waals surface area contributed by atoms with Gasteiger partial charge in [0.1, 0.15) is 5.75 Å².